The number of hydrogen-bond acceptors (Lipinski definition) is 7. The molecule has 0 saturated heterocycles. The fourth-order valence-corrected chi connectivity index (χ4v) is 6.93. The number of rotatable bonds is 31. The second kappa shape index (κ2) is 27.2. The topological polar surface area (TPSA) is 164 Å². The molecular formula is C47H68N2O8. The predicted molar refractivity (Wildman–Crippen MR) is 225 cm³/mol. The molecule has 2 amide bonds. The van der Waals surface area contributed by atoms with Crippen LogP contribution in [-0.4, -0.2) is 58.1 Å². The molecule has 0 fully saturated rings. The van der Waals surface area contributed by atoms with Crippen molar-refractivity contribution in [3.63, 3.8) is 0 Å². The first-order valence-electron chi connectivity index (χ1n) is 21.4. The van der Waals surface area contributed by atoms with Crippen molar-refractivity contribution in [2.24, 2.45) is 11.8 Å². The maximum Gasteiger partial charge on any atom is 0.326 e. The quantitative estimate of drug-likeness (QED) is 0.0503. The third-order valence-corrected chi connectivity index (χ3v) is 10.7. The third-order valence-electron chi connectivity index (χ3n) is 10.7. The monoisotopic (exact) mass is 788 g/mol. The highest BCUT2D eigenvalue weighted by Gasteiger charge is 2.31. The minimum atomic E-state index is -1.13. The molecule has 2 rings (SSSR count). The van der Waals surface area contributed by atoms with Gasteiger partial charge in [0.05, 0.1) is 6.04 Å². The van der Waals surface area contributed by atoms with E-state index in [1.807, 2.05) is 38.1 Å². The van der Waals surface area contributed by atoms with Crippen molar-refractivity contribution in [3.8, 4) is 11.1 Å². The van der Waals surface area contributed by atoms with Crippen molar-refractivity contribution in [3.05, 3.63) is 59.7 Å². The van der Waals surface area contributed by atoms with Gasteiger partial charge in [0.2, 0.25) is 11.8 Å². The van der Waals surface area contributed by atoms with Gasteiger partial charge in [-0.2, -0.15) is 0 Å². The number of aryl methyl sites for hydroxylation is 1. The molecule has 2 aromatic rings. The molecule has 10 nitrogen and oxygen atoms in total. The SMILES string of the molecule is CCCCC[C@H](CC(=O)CCCC(=O)c1ccc(-c2ccc(CCCC)cc2)cc1)C(=O)N[C@@H](CCC(C)=O)C(=O)C[C@@H](CC)C(=O)N[C@@H](CCCCC)C(=O)O. The lowest BCUT2D eigenvalue weighted by Crippen LogP contribution is -2.47. The largest absolute Gasteiger partial charge is 0.480 e. The van der Waals surface area contributed by atoms with Crippen molar-refractivity contribution < 1.29 is 38.7 Å². The van der Waals surface area contributed by atoms with Gasteiger partial charge in [-0.25, -0.2) is 4.79 Å². The van der Waals surface area contributed by atoms with Gasteiger partial charge in [-0.3, -0.25) is 24.0 Å². The molecule has 10 heteroatoms. The highest BCUT2D eigenvalue weighted by atomic mass is 16.4. The van der Waals surface area contributed by atoms with E-state index in [1.165, 1.54) is 12.5 Å². The second-order valence-electron chi connectivity index (χ2n) is 15.6. The Morgan fingerprint density at radius 1 is 0.579 bits per heavy atom. The molecule has 2 aromatic carbocycles. The molecule has 0 aromatic heterocycles. The van der Waals surface area contributed by atoms with E-state index in [2.05, 4.69) is 41.8 Å². The molecule has 0 saturated carbocycles. The summed E-state index contributed by atoms with van der Waals surface area (Å²) in [6, 6.07) is 13.9. The van der Waals surface area contributed by atoms with Gasteiger partial charge in [0, 0.05) is 49.5 Å². The van der Waals surface area contributed by atoms with E-state index in [9.17, 15) is 38.7 Å². The lowest BCUT2D eigenvalue weighted by Gasteiger charge is -2.24. The summed E-state index contributed by atoms with van der Waals surface area (Å²) in [6.07, 6.45) is 9.79. The average molecular weight is 789 g/mol. The van der Waals surface area contributed by atoms with Gasteiger partial charge >= 0.3 is 5.97 Å². The summed E-state index contributed by atoms with van der Waals surface area (Å²) in [5.74, 6) is -4.39. The van der Waals surface area contributed by atoms with Gasteiger partial charge in [0.25, 0.3) is 0 Å². The van der Waals surface area contributed by atoms with E-state index < -0.39 is 47.5 Å². The van der Waals surface area contributed by atoms with E-state index in [-0.39, 0.29) is 68.7 Å². The number of ketones is 4. The van der Waals surface area contributed by atoms with Crippen LogP contribution < -0.4 is 10.6 Å². The van der Waals surface area contributed by atoms with E-state index in [1.54, 1.807) is 6.92 Å². The fourth-order valence-electron chi connectivity index (χ4n) is 6.93. The molecule has 0 radical (unpaired) electrons. The lowest BCUT2D eigenvalue weighted by atomic mass is 9.90. The van der Waals surface area contributed by atoms with Crippen LogP contribution in [0, 0.1) is 11.8 Å². The number of unbranched alkanes of at least 4 members (excludes halogenated alkanes) is 5. The number of carboxylic acids is 1. The molecule has 0 bridgehead atoms. The number of carbonyl (C=O) groups excluding carboxylic acids is 6. The first kappa shape index (κ1) is 48.7. The first-order chi connectivity index (χ1) is 27.3. The zero-order valence-electron chi connectivity index (χ0n) is 35.2. The van der Waals surface area contributed by atoms with E-state index in [0.717, 1.165) is 56.1 Å². The molecule has 314 valence electrons. The minimum Gasteiger partial charge on any atom is -0.480 e. The van der Waals surface area contributed by atoms with Gasteiger partial charge < -0.3 is 20.5 Å². The second-order valence-corrected chi connectivity index (χ2v) is 15.6. The summed E-state index contributed by atoms with van der Waals surface area (Å²) < 4.78 is 0. The Bertz CT molecular complexity index is 1580. The Morgan fingerprint density at radius 3 is 1.70 bits per heavy atom. The van der Waals surface area contributed by atoms with Crippen molar-refractivity contribution in [1.82, 2.24) is 10.6 Å². The number of hydrogen-bond donors (Lipinski definition) is 3. The highest BCUT2D eigenvalue weighted by molar-refractivity contribution is 5.97. The Morgan fingerprint density at radius 2 is 1.14 bits per heavy atom. The number of benzene rings is 2. The van der Waals surface area contributed by atoms with Gasteiger partial charge in [-0.05, 0) is 68.6 Å². The molecule has 3 N–H and O–H groups in total. The van der Waals surface area contributed by atoms with E-state index >= 15 is 0 Å². The van der Waals surface area contributed by atoms with Gasteiger partial charge in [-0.15, -0.1) is 0 Å². The third kappa shape index (κ3) is 18.6. The molecule has 0 aliphatic heterocycles. The standard InChI is InChI=1S/C47H68N2O8/c1-6-10-13-17-39(31-40(51)18-15-20-43(52)38-28-26-37(27-29-38)36-24-22-34(23-25-36)16-12-8-3)46(55)48-41(30-21-33(5)50)44(53)32-35(9-4)45(54)49-42(47(56)57)19-14-11-7-2/h22-29,35,39,41-42H,6-21,30-32H2,1-5H3,(H,48,55)(H,49,54)(H,56,57)/t35-,39-,41+,42+/m1/s1. The van der Waals surface area contributed by atoms with Crippen LogP contribution in [-0.2, 0) is 35.2 Å². The summed E-state index contributed by atoms with van der Waals surface area (Å²) in [6.45, 7) is 9.35. The molecule has 0 aliphatic carbocycles. The molecular weight excluding hydrogens is 721 g/mol. The number of Topliss-reactive ketones (excluding diaryl/α,β-unsaturated/α-hetero) is 4. The van der Waals surface area contributed by atoms with Crippen LogP contribution in [0.1, 0.15) is 166 Å². The average Bonchev–Trinajstić information content (AvgIpc) is 3.19. The Balaban J connectivity index is 2.03. The van der Waals surface area contributed by atoms with Crippen molar-refractivity contribution >= 4 is 40.9 Å². The van der Waals surface area contributed by atoms with Gasteiger partial charge in [0.15, 0.2) is 11.6 Å². The van der Waals surface area contributed by atoms with Crippen LogP contribution in [0.25, 0.3) is 11.1 Å². The van der Waals surface area contributed by atoms with Crippen LogP contribution in [0.15, 0.2) is 48.5 Å². The Hall–Kier alpha value is -4.47. The maximum absolute atomic E-state index is 13.7. The van der Waals surface area contributed by atoms with Crippen molar-refractivity contribution in [2.45, 2.75) is 169 Å². The smallest absolute Gasteiger partial charge is 0.326 e. The molecule has 0 aliphatic rings. The van der Waals surface area contributed by atoms with Crippen LogP contribution in [0.5, 0.6) is 0 Å². The maximum atomic E-state index is 13.7. The number of amides is 2. The molecule has 4 atom stereocenters. The number of carboxylic acid groups (broad SMARTS) is 1. The van der Waals surface area contributed by atoms with Crippen LogP contribution >= 0.6 is 0 Å². The van der Waals surface area contributed by atoms with Gasteiger partial charge in [0.1, 0.15) is 17.6 Å². The summed E-state index contributed by atoms with van der Waals surface area (Å²) in [5, 5.41) is 15.0. The predicted octanol–water partition coefficient (Wildman–Crippen LogP) is 9.19. The van der Waals surface area contributed by atoms with Crippen molar-refractivity contribution in [2.75, 3.05) is 0 Å². The van der Waals surface area contributed by atoms with E-state index in [4.69, 9.17) is 0 Å². The zero-order valence-corrected chi connectivity index (χ0v) is 35.2. The molecule has 0 heterocycles. The highest BCUT2D eigenvalue weighted by Crippen LogP contribution is 2.23. The Kier molecular flexibility index (Phi) is 23.2. The van der Waals surface area contributed by atoms with Crippen LogP contribution in [0.2, 0.25) is 0 Å². The van der Waals surface area contributed by atoms with E-state index in [0.29, 0.717) is 31.2 Å². The lowest BCUT2D eigenvalue weighted by molar-refractivity contribution is -0.143. The summed E-state index contributed by atoms with van der Waals surface area (Å²) in [7, 11) is 0. The zero-order chi connectivity index (χ0) is 42.2. The Labute approximate surface area is 340 Å². The fraction of sp³-hybridized carbons (Fsp3) is 0.596. The normalized spacial score (nSPS) is 13.2. The number of carbonyl (C=O) groups is 7. The number of nitrogens with one attached hydrogen (secondary N) is 2. The first-order valence-corrected chi connectivity index (χ1v) is 21.4. The molecule has 0 unspecified atom stereocenters. The summed E-state index contributed by atoms with van der Waals surface area (Å²) in [4.78, 5) is 90.4. The molecule has 57 heavy (non-hydrogen) atoms. The minimum absolute atomic E-state index is 0.0299. The van der Waals surface area contributed by atoms with Crippen molar-refractivity contribution in [1.29, 1.82) is 0 Å². The summed E-state index contributed by atoms with van der Waals surface area (Å²) >= 11 is 0. The molecule has 0 spiro atoms. The van der Waals surface area contributed by atoms with Crippen LogP contribution in [0.3, 0.4) is 0 Å². The van der Waals surface area contributed by atoms with Crippen LogP contribution in [0.4, 0.5) is 0 Å². The van der Waals surface area contributed by atoms with Gasteiger partial charge in [-0.1, -0.05) is 121 Å². The number of aliphatic carboxylic acids is 1. The summed E-state index contributed by atoms with van der Waals surface area (Å²) in [5.41, 5.74) is 4.01.